The van der Waals surface area contributed by atoms with Gasteiger partial charge in [-0.3, -0.25) is 4.79 Å². The molecule has 2 rings (SSSR count). The number of carbonyl (C=O) groups is 1. The average Bonchev–Trinajstić information content (AvgIpc) is 2.75. The maximum absolute atomic E-state index is 13.3. The van der Waals surface area contributed by atoms with Crippen molar-refractivity contribution in [3.05, 3.63) is 0 Å². The third-order valence-corrected chi connectivity index (χ3v) is 4.61. The molecule has 2 aliphatic rings. The molecule has 18 heavy (non-hydrogen) atoms. The fraction of sp³-hybridized carbons (Fsp3) is 0.929. The van der Waals surface area contributed by atoms with Crippen LogP contribution in [-0.4, -0.2) is 18.3 Å². The summed E-state index contributed by atoms with van der Waals surface area (Å²) < 4.78 is 26.6. The van der Waals surface area contributed by atoms with E-state index in [1.54, 1.807) is 0 Å². The molecule has 0 aromatic rings. The lowest BCUT2D eigenvalue weighted by atomic mass is 9.80. The summed E-state index contributed by atoms with van der Waals surface area (Å²) in [5, 5.41) is 0. The molecule has 3 unspecified atom stereocenters. The van der Waals surface area contributed by atoms with Crippen molar-refractivity contribution in [2.24, 2.45) is 23.5 Å². The Morgan fingerprint density at radius 1 is 1.22 bits per heavy atom. The maximum atomic E-state index is 13.3. The normalized spacial score (nSPS) is 35.6. The largest absolute Gasteiger partial charge is 0.330 e. The lowest BCUT2D eigenvalue weighted by Gasteiger charge is -2.29. The molecule has 0 aromatic carbocycles. The number of rotatable bonds is 4. The summed E-state index contributed by atoms with van der Waals surface area (Å²) in [4.78, 5) is 12.2. The van der Waals surface area contributed by atoms with Crippen LogP contribution >= 0.6 is 0 Å². The topological polar surface area (TPSA) is 43.1 Å². The van der Waals surface area contributed by atoms with Crippen molar-refractivity contribution in [2.75, 3.05) is 6.54 Å². The smallest absolute Gasteiger partial charge is 0.248 e. The molecule has 0 radical (unpaired) electrons. The van der Waals surface area contributed by atoms with Crippen molar-refractivity contribution < 1.29 is 13.6 Å². The van der Waals surface area contributed by atoms with E-state index in [-0.39, 0.29) is 30.5 Å². The minimum Gasteiger partial charge on any atom is -0.330 e. The Hall–Kier alpha value is -0.510. The van der Waals surface area contributed by atoms with Crippen molar-refractivity contribution in [2.45, 2.75) is 57.3 Å². The molecule has 0 heterocycles. The first-order valence-corrected chi connectivity index (χ1v) is 7.12. The number of halogens is 2. The van der Waals surface area contributed by atoms with E-state index in [0.29, 0.717) is 25.3 Å². The minimum absolute atomic E-state index is 0.00740. The number of hydrogen-bond donors (Lipinski definition) is 1. The fourth-order valence-electron chi connectivity index (χ4n) is 3.63. The van der Waals surface area contributed by atoms with Crippen LogP contribution in [0, 0.1) is 17.8 Å². The lowest BCUT2D eigenvalue weighted by molar-refractivity contribution is -0.126. The SMILES string of the molecule is NCC1CCCC1C(=O)CC1CCCC(F)(F)C1. The van der Waals surface area contributed by atoms with Gasteiger partial charge in [0.25, 0.3) is 0 Å². The second-order valence-electron chi connectivity index (χ2n) is 6.02. The number of alkyl halides is 2. The van der Waals surface area contributed by atoms with E-state index in [2.05, 4.69) is 0 Å². The summed E-state index contributed by atoms with van der Waals surface area (Å²) in [5.41, 5.74) is 5.67. The summed E-state index contributed by atoms with van der Waals surface area (Å²) >= 11 is 0. The van der Waals surface area contributed by atoms with Crippen molar-refractivity contribution in [1.29, 1.82) is 0 Å². The summed E-state index contributed by atoms with van der Waals surface area (Å²) in [6.45, 7) is 0.553. The Bertz CT molecular complexity index is 306. The predicted octanol–water partition coefficient (Wildman–Crippen LogP) is 3.15. The standard InChI is InChI=1S/C14H23F2NO/c15-14(16)6-2-3-10(8-14)7-13(18)12-5-1-4-11(12)9-17/h10-12H,1-9,17H2. The molecule has 0 spiro atoms. The van der Waals surface area contributed by atoms with Gasteiger partial charge in [-0.15, -0.1) is 0 Å². The van der Waals surface area contributed by atoms with Crippen LogP contribution in [-0.2, 0) is 4.79 Å². The van der Waals surface area contributed by atoms with Crippen molar-refractivity contribution in [1.82, 2.24) is 0 Å². The molecule has 0 aliphatic heterocycles. The van der Waals surface area contributed by atoms with Crippen molar-refractivity contribution >= 4 is 5.78 Å². The molecule has 3 atom stereocenters. The number of ketones is 1. The van der Waals surface area contributed by atoms with Crippen LogP contribution in [0.25, 0.3) is 0 Å². The zero-order valence-electron chi connectivity index (χ0n) is 10.8. The van der Waals surface area contributed by atoms with Gasteiger partial charge in [0, 0.05) is 25.2 Å². The molecule has 0 aromatic heterocycles. The van der Waals surface area contributed by atoms with Gasteiger partial charge in [-0.25, -0.2) is 8.78 Å². The summed E-state index contributed by atoms with van der Waals surface area (Å²) in [7, 11) is 0. The number of Topliss-reactive ketones (excluding diaryl/α,β-unsaturated/α-hetero) is 1. The molecule has 2 saturated carbocycles. The molecule has 2 aliphatic carbocycles. The molecule has 4 heteroatoms. The second kappa shape index (κ2) is 5.64. The van der Waals surface area contributed by atoms with Gasteiger partial charge >= 0.3 is 0 Å². The molecule has 0 amide bonds. The molecule has 0 saturated heterocycles. The van der Waals surface area contributed by atoms with Gasteiger partial charge in [-0.1, -0.05) is 6.42 Å². The average molecular weight is 259 g/mol. The van der Waals surface area contributed by atoms with E-state index in [9.17, 15) is 13.6 Å². The van der Waals surface area contributed by atoms with Crippen LogP contribution in [0.5, 0.6) is 0 Å². The highest BCUT2D eigenvalue weighted by atomic mass is 19.3. The van der Waals surface area contributed by atoms with Crippen LogP contribution < -0.4 is 5.73 Å². The third kappa shape index (κ3) is 3.28. The van der Waals surface area contributed by atoms with Crippen LogP contribution in [0.2, 0.25) is 0 Å². The Morgan fingerprint density at radius 2 is 2.00 bits per heavy atom. The van der Waals surface area contributed by atoms with Crippen molar-refractivity contribution in [3.8, 4) is 0 Å². The summed E-state index contributed by atoms with van der Waals surface area (Å²) in [5.74, 6) is -2.13. The Kier molecular flexibility index (Phi) is 4.36. The number of nitrogens with two attached hydrogens (primary N) is 1. The van der Waals surface area contributed by atoms with Gasteiger partial charge in [-0.05, 0) is 44.1 Å². The zero-order valence-corrected chi connectivity index (χ0v) is 10.8. The first-order chi connectivity index (χ1) is 8.52. The molecule has 2 nitrogen and oxygen atoms in total. The van der Waals surface area contributed by atoms with Crippen LogP contribution in [0.1, 0.15) is 51.4 Å². The van der Waals surface area contributed by atoms with E-state index in [1.807, 2.05) is 0 Å². The third-order valence-electron chi connectivity index (χ3n) is 4.61. The molecular formula is C14H23F2NO. The highest BCUT2D eigenvalue weighted by Gasteiger charge is 2.39. The highest BCUT2D eigenvalue weighted by molar-refractivity contribution is 5.81. The van der Waals surface area contributed by atoms with Crippen LogP contribution in [0.15, 0.2) is 0 Å². The van der Waals surface area contributed by atoms with Gasteiger partial charge in [0.15, 0.2) is 0 Å². The zero-order chi connectivity index (χ0) is 13.2. The first kappa shape index (κ1) is 13.9. The van der Waals surface area contributed by atoms with E-state index in [1.165, 1.54) is 0 Å². The first-order valence-electron chi connectivity index (χ1n) is 7.12. The maximum Gasteiger partial charge on any atom is 0.248 e. The van der Waals surface area contributed by atoms with E-state index in [4.69, 9.17) is 5.73 Å². The van der Waals surface area contributed by atoms with Crippen molar-refractivity contribution in [3.63, 3.8) is 0 Å². The van der Waals surface area contributed by atoms with Gasteiger partial charge in [0.2, 0.25) is 5.92 Å². The Balaban J connectivity index is 1.87. The van der Waals surface area contributed by atoms with E-state index < -0.39 is 5.92 Å². The second-order valence-corrected chi connectivity index (χ2v) is 6.02. The molecule has 104 valence electrons. The number of hydrogen-bond acceptors (Lipinski definition) is 2. The van der Waals surface area contributed by atoms with E-state index >= 15 is 0 Å². The summed E-state index contributed by atoms with van der Waals surface area (Å²) in [6.07, 6.45) is 4.55. The summed E-state index contributed by atoms with van der Waals surface area (Å²) in [6, 6.07) is 0. The number of carbonyl (C=O) groups excluding carboxylic acids is 1. The van der Waals surface area contributed by atoms with Gasteiger partial charge in [-0.2, -0.15) is 0 Å². The van der Waals surface area contributed by atoms with Gasteiger partial charge < -0.3 is 5.73 Å². The molecule has 2 N–H and O–H groups in total. The lowest BCUT2D eigenvalue weighted by Crippen LogP contribution is -2.31. The predicted molar refractivity (Wildman–Crippen MR) is 66.4 cm³/mol. The van der Waals surface area contributed by atoms with Crippen LogP contribution in [0.3, 0.4) is 0 Å². The highest BCUT2D eigenvalue weighted by Crippen LogP contribution is 2.40. The fourth-order valence-corrected chi connectivity index (χ4v) is 3.63. The minimum atomic E-state index is -2.55. The van der Waals surface area contributed by atoms with Gasteiger partial charge in [0.1, 0.15) is 5.78 Å². The molecule has 2 fully saturated rings. The van der Waals surface area contributed by atoms with Gasteiger partial charge in [0.05, 0.1) is 0 Å². The van der Waals surface area contributed by atoms with Crippen LogP contribution in [0.4, 0.5) is 8.78 Å². The molecule has 0 bridgehead atoms. The Labute approximate surface area is 107 Å². The Morgan fingerprint density at radius 3 is 2.67 bits per heavy atom. The van der Waals surface area contributed by atoms with E-state index in [0.717, 1.165) is 25.7 Å². The molecular weight excluding hydrogens is 236 g/mol. The monoisotopic (exact) mass is 259 g/mol. The quantitative estimate of drug-likeness (QED) is 0.842.